The topological polar surface area (TPSA) is 98.1 Å². The van der Waals surface area contributed by atoms with Crippen LogP contribution in [0.4, 0.5) is 5.69 Å². The lowest BCUT2D eigenvalue weighted by atomic mass is 10.2. The summed E-state index contributed by atoms with van der Waals surface area (Å²) < 4.78 is 7.12. The Kier molecular flexibility index (Phi) is 7.91. The zero-order valence-electron chi connectivity index (χ0n) is 17.1. The summed E-state index contributed by atoms with van der Waals surface area (Å²) >= 11 is 7.30. The van der Waals surface area contributed by atoms with Crippen LogP contribution in [0.3, 0.4) is 0 Å². The minimum absolute atomic E-state index is 0.161. The first-order valence-electron chi connectivity index (χ1n) is 9.54. The molecule has 1 heterocycles. The first-order valence-corrected chi connectivity index (χ1v) is 10.9. The minimum Gasteiger partial charge on any atom is -0.494 e. The molecular weight excluding hydrogens is 438 g/mol. The van der Waals surface area contributed by atoms with Gasteiger partial charge >= 0.3 is 0 Å². The standard InChI is InChI=1S/C21H22ClN5O3S/c1-3-30-15-10-8-14(9-11-15)24-19(28)13-31-21-26-25-18(27(21)2)12-23-20(29)16-6-4-5-7-17(16)22/h4-11H,3,12-13H2,1-2H3,(H,23,29)(H,24,28). The third kappa shape index (κ3) is 6.22. The number of halogens is 1. The first-order chi connectivity index (χ1) is 15.0. The van der Waals surface area contributed by atoms with Gasteiger partial charge in [0.05, 0.1) is 29.5 Å². The normalized spacial score (nSPS) is 10.5. The number of hydrogen-bond donors (Lipinski definition) is 2. The molecule has 3 aromatic rings. The van der Waals surface area contributed by atoms with E-state index in [0.29, 0.717) is 33.9 Å². The lowest BCUT2D eigenvalue weighted by molar-refractivity contribution is -0.113. The molecular formula is C21H22ClN5O3S. The number of thioether (sulfide) groups is 1. The summed E-state index contributed by atoms with van der Waals surface area (Å²) in [5.41, 5.74) is 1.09. The van der Waals surface area contributed by atoms with Crippen LogP contribution in [0.25, 0.3) is 0 Å². The van der Waals surface area contributed by atoms with Gasteiger partial charge in [-0.3, -0.25) is 9.59 Å². The van der Waals surface area contributed by atoms with Crippen LogP contribution in [0.1, 0.15) is 23.1 Å². The molecule has 0 fully saturated rings. The lowest BCUT2D eigenvalue weighted by Gasteiger charge is -2.08. The zero-order chi connectivity index (χ0) is 22.2. The summed E-state index contributed by atoms with van der Waals surface area (Å²) in [4.78, 5) is 24.5. The lowest BCUT2D eigenvalue weighted by Crippen LogP contribution is -2.24. The van der Waals surface area contributed by atoms with Gasteiger partial charge in [0.25, 0.3) is 5.91 Å². The quantitative estimate of drug-likeness (QED) is 0.475. The van der Waals surface area contributed by atoms with Crippen molar-refractivity contribution < 1.29 is 14.3 Å². The highest BCUT2D eigenvalue weighted by Crippen LogP contribution is 2.19. The third-order valence-corrected chi connectivity index (χ3v) is 5.58. The highest BCUT2D eigenvalue weighted by atomic mass is 35.5. The van der Waals surface area contributed by atoms with Gasteiger partial charge in [0.2, 0.25) is 5.91 Å². The van der Waals surface area contributed by atoms with Crippen molar-refractivity contribution in [2.24, 2.45) is 7.05 Å². The molecule has 0 aliphatic carbocycles. The fraction of sp³-hybridized carbons (Fsp3) is 0.238. The van der Waals surface area contributed by atoms with E-state index in [1.807, 2.05) is 6.92 Å². The van der Waals surface area contributed by atoms with Gasteiger partial charge in [-0.05, 0) is 43.3 Å². The summed E-state index contributed by atoms with van der Waals surface area (Å²) in [6, 6.07) is 14.0. The number of hydrogen-bond acceptors (Lipinski definition) is 6. The van der Waals surface area contributed by atoms with Crippen molar-refractivity contribution in [3.8, 4) is 5.75 Å². The van der Waals surface area contributed by atoms with Gasteiger partial charge < -0.3 is 19.9 Å². The SMILES string of the molecule is CCOc1ccc(NC(=O)CSc2nnc(CNC(=O)c3ccccc3Cl)n2C)cc1. The molecule has 8 nitrogen and oxygen atoms in total. The van der Waals surface area contributed by atoms with Crippen LogP contribution in [-0.2, 0) is 18.4 Å². The van der Waals surface area contributed by atoms with Gasteiger partial charge in [-0.15, -0.1) is 10.2 Å². The highest BCUT2D eigenvalue weighted by Gasteiger charge is 2.14. The van der Waals surface area contributed by atoms with Gasteiger partial charge in [0, 0.05) is 12.7 Å². The summed E-state index contributed by atoms with van der Waals surface area (Å²) in [5, 5.41) is 14.7. The Labute approximate surface area is 189 Å². The van der Waals surface area contributed by atoms with Crippen molar-refractivity contribution in [1.29, 1.82) is 0 Å². The van der Waals surface area contributed by atoms with Gasteiger partial charge in [0.1, 0.15) is 5.75 Å². The molecule has 0 saturated carbocycles. The molecule has 31 heavy (non-hydrogen) atoms. The summed E-state index contributed by atoms with van der Waals surface area (Å²) in [7, 11) is 1.78. The maximum Gasteiger partial charge on any atom is 0.253 e. The number of anilines is 1. The van der Waals surface area contributed by atoms with Crippen molar-refractivity contribution in [2.45, 2.75) is 18.6 Å². The maximum absolute atomic E-state index is 12.3. The Balaban J connectivity index is 1.50. The predicted octanol–water partition coefficient (Wildman–Crippen LogP) is 3.53. The second kappa shape index (κ2) is 10.8. The van der Waals surface area contributed by atoms with Gasteiger partial charge in [-0.25, -0.2) is 0 Å². The molecule has 0 spiro atoms. The van der Waals surface area contributed by atoms with Crippen molar-refractivity contribution in [3.63, 3.8) is 0 Å². The molecule has 0 aliphatic rings. The van der Waals surface area contributed by atoms with Crippen LogP contribution >= 0.6 is 23.4 Å². The van der Waals surface area contributed by atoms with E-state index in [0.717, 1.165) is 5.75 Å². The van der Waals surface area contributed by atoms with Crippen molar-refractivity contribution >= 4 is 40.9 Å². The Hall–Kier alpha value is -3.04. The molecule has 2 amide bonds. The van der Waals surface area contributed by atoms with Crippen LogP contribution in [0, 0.1) is 0 Å². The monoisotopic (exact) mass is 459 g/mol. The molecule has 2 N–H and O–H groups in total. The molecule has 3 rings (SSSR count). The van der Waals surface area contributed by atoms with Gasteiger partial charge in [-0.1, -0.05) is 35.5 Å². The minimum atomic E-state index is -0.294. The molecule has 0 atom stereocenters. The van der Waals surface area contributed by atoms with Crippen LogP contribution < -0.4 is 15.4 Å². The first kappa shape index (κ1) is 22.6. The van der Waals surface area contributed by atoms with E-state index in [1.165, 1.54) is 11.8 Å². The van der Waals surface area contributed by atoms with Gasteiger partial charge in [0.15, 0.2) is 11.0 Å². The van der Waals surface area contributed by atoms with Crippen LogP contribution in [-0.4, -0.2) is 38.9 Å². The number of nitrogens with one attached hydrogen (secondary N) is 2. The number of carbonyl (C=O) groups excluding carboxylic acids is 2. The fourth-order valence-electron chi connectivity index (χ4n) is 2.65. The Morgan fingerprint density at radius 2 is 1.87 bits per heavy atom. The number of rotatable bonds is 9. The Morgan fingerprint density at radius 1 is 1.13 bits per heavy atom. The van der Waals surface area contributed by atoms with Gasteiger partial charge in [-0.2, -0.15) is 0 Å². The smallest absolute Gasteiger partial charge is 0.253 e. The zero-order valence-corrected chi connectivity index (χ0v) is 18.7. The number of ether oxygens (including phenoxy) is 1. The molecule has 10 heteroatoms. The van der Waals surface area contributed by atoms with E-state index >= 15 is 0 Å². The van der Waals surface area contributed by atoms with Crippen LogP contribution in [0.15, 0.2) is 53.7 Å². The van der Waals surface area contributed by atoms with Crippen LogP contribution in [0.2, 0.25) is 5.02 Å². The van der Waals surface area contributed by atoms with E-state index < -0.39 is 0 Å². The van der Waals surface area contributed by atoms with Crippen LogP contribution in [0.5, 0.6) is 5.75 Å². The van der Waals surface area contributed by atoms with E-state index in [2.05, 4.69) is 20.8 Å². The second-order valence-electron chi connectivity index (χ2n) is 6.41. The van der Waals surface area contributed by atoms with E-state index in [-0.39, 0.29) is 24.1 Å². The van der Waals surface area contributed by atoms with Crippen molar-refractivity contribution in [2.75, 3.05) is 17.7 Å². The molecule has 0 saturated heterocycles. The Morgan fingerprint density at radius 3 is 2.58 bits per heavy atom. The average molecular weight is 460 g/mol. The maximum atomic E-state index is 12.3. The molecule has 1 aromatic heterocycles. The van der Waals surface area contributed by atoms with E-state index in [9.17, 15) is 9.59 Å². The fourth-order valence-corrected chi connectivity index (χ4v) is 3.60. The number of benzene rings is 2. The highest BCUT2D eigenvalue weighted by molar-refractivity contribution is 7.99. The molecule has 0 bridgehead atoms. The summed E-state index contributed by atoms with van der Waals surface area (Å²) in [6.45, 7) is 2.69. The van der Waals surface area contributed by atoms with E-state index in [4.69, 9.17) is 16.3 Å². The summed E-state index contributed by atoms with van der Waals surface area (Å²) in [6.07, 6.45) is 0. The molecule has 0 radical (unpaired) electrons. The predicted molar refractivity (Wildman–Crippen MR) is 121 cm³/mol. The average Bonchev–Trinajstić information content (AvgIpc) is 3.12. The van der Waals surface area contributed by atoms with Crippen molar-refractivity contribution in [3.05, 3.63) is 64.9 Å². The number of aromatic nitrogens is 3. The Bertz CT molecular complexity index is 1060. The van der Waals surface area contributed by atoms with Crippen molar-refractivity contribution in [1.82, 2.24) is 20.1 Å². The molecule has 162 valence electrons. The molecule has 0 unspecified atom stereocenters. The van der Waals surface area contributed by atoms with E-state index in [1.54, 1.807) is 60.1 Å². The third-order valence-electron chi connectivity index (χ3n) is 4.23. The number of carbonyl (C=O) groups is 2. The largest absolute Gasteiger partial charge is 0.494 e. The number of amides is 2. The summed E-state index contributed by atoms with van der Waals surface area (Å²) in [5.74, 6) is 1.03. The molecule has 0 aliphatic heterocycles. The second-order valence-corrected chi connectivity index (χ2v) is 7.76. The molecule has 2 aromatic carbocycles. The number of nitrogens with zero attached hydrogens (tertiary/aromatic N) is 3.